The van der Waals surface area contributed by atoms with E-state index in [1.807, 2.05) is 0 Å². The molecule has 0 aromatic heterocycles. The van der Waals surface area contributed by atoms with Crippen LogP contribution in [0.15, 0.2) is 23.2 Å². The molecule has 7 heteroatoms. The van der Waals surface area contributed by atoms with Crippen molar-refractivity contribution >= 4 is 23.2 Å². The summed E-state index contributed by atoms with van der Waals surface area (Å²) >= 11 is 5.50. The monoisotopic (exact) mass is 263 g/mol. The van der Waals surface area contributed by atoms with Crippen molar-refractivity contribution in [2.45, 2.75) is 6.18 Å². The molecular weight excluding hydrogens is 255 g/mol. The first kappa shape index (κ1) is 12.0. The molecule has 0 amide bonds. The van der Waals surface area contributed by atoms with Crippen LogP contribution in [0, 0.1) is 0 Å². The summed E-state index contributed by atoms with van der Waals surface area (Å²) in [7, 11) is 0. The summed E-state index contributed by atoms with van der Waals surface area (Å²) in [6, 6.07) is 3.65. The highest BCUT2D eigenvalue weighted by Crippen LogP contribution is 2.36. The lowest BCUT2D eigenvalue weighted by atomic mass is 10.2. The highest BCUT2D eigenvalue weighted by atomic mass is 35.5. The van der Waals surface area contributed by atoms with Crippen molar-refractivity contribution in [2.75, 3.05) is 18.4 Å². The molecule has 0 atom stereocenters. The van der Waals surface area contributed by atoms with Gasteiger partial charge in [0.1, 0.15) is 0 Å². The molecule has 1 aliphatic heterocycles. The number of hydrogen-bond donors (Lipinski definition) is 2. The van der Waals surface area contributed by atoms with Gasteiger partial charge in [-0.15, -0.1) is 0 Å². The summed E-state index contributed by atoms with van der Waals surface area (Å²) in [5.74, 6) is 0.473. The van der Waals surface area contributed by atoms with Gasteiger partial charge in [0, 0.05) is 12.2 Å². The zero-order valence-electron chi connectivity index (χ0n) is 8.61. The number of halogens is 4. The van der Waals surface area contributed by atoms with Gasteiger partial charge in [0.15, 0.2) is 5.96 Å². The third kappa shape index (κ3) is 2.82. The molecule has 3 nitrogen and oxygen atoms in total. The molecule has 0 bridgehead atoms. The van der Waals surface area contributed by atoms with E-state index in [0.29, 0.717) is 24.7 Å². The van der Waals surface area contributed by atoms with E-state index in [4.69, 9.17) is 11.6 Å². The normalized spacial score (nSPS) is 15.4. The highest BCUT2D eigenvalue weighted by Gasteiger charge is 2.33. The number of hydrogen-bond acceptors (Lipinski definition) is 3. The first-order valence-corrected chi connectivity index (χ1v) is 5.27. The van der Waals surface area contributed by atoms with Crippen LogP contribution in [0.5, 0.6) is 0 Å². The minimum atomic E-state index is -4.46. The van der Waals surface area contributed by atoms with Crippen LogP contribution in [0.25, 0.3) is 0 Å². The van der Waals surface area contributed by atoms with E-state index < -0.39 is 11.7 Å². The number of benzene rings is 1. The van der Waals surface area contributed by atoms with Gasteiger partial charge in [-0.25, -0.2) is 0 Å². The van der Waals surface area contributed by atoms with E-state index in [-0.39, 0.29) is 5.02 Å². The molecule has 0 aliphatic carbocycles. The topological polar surface area (TPSA) is 36.4 Å². The van der Waals surface area contributed by atoms with Crippen LogP contribution in [0.2, 0.25) is 5.02 Å². The van der Waals surface area contributed by atoms with Crippen molar-refractivity contribution in [3.63, 3.8) is 0 Å². The third-order valence-corrected chi connectivity index (χ3v) is 2.54. The van der Waals surface area contributed by atoms with E-state index >= 15 is 0 Å². The van der Waals surface area contributed by atoms with Crippen molar-refractivity contribution in [1.29, 1.82) is 0 Å². The van der Waals surface area contributed by atoms with Gasteiger partial charge in [-0.05, 0) is 18.2 Å². The standard InChI is InChI=1S/C10H9ClF3N3/c11-8-2-1-6(5-7(8)10(12,13)14)17-9-15-3-4-16-9/h1-2,5H,3-4H2,(H2,15,16,17). The fourth-order valence-electron chi connectivity index (χ4n) is 1.44. The van der Waals surface area contributed by atoms with Crippen LogP contribution < -0.4 is 10.6 Å². The SMILES string of the molecule is FC(F)(F)c1cc(NC2=NCCN2)ccc1Cl. The molecular formula is C10H9ClF3N3. The Hall–Kier alpha value is -1.43. The molecule has 0 unspecified atom stereocenters. The van der Waals surface area contributed by atoms with Crippen molar-refractivity contribution in [3.8, 4) is 0 Å². The third-order valence-electron chi connectivity index (χ3n) is 2.21. The Morgan fingerprint density at radius 2 is 2.12 bits per heavy atom. The summed E-state index contributed by atoms with van der Waals surface area (Å²) in [6.07, 6.45) is -4.46. The lowest BCUT2D eigenvalue weighted by Crippen LogP contribution is -2.26. The van der Waals surface area contributed by atoms with E-state index in [0.717, 1.165) is 6.07 Å². The highest BCUT2D eigenvalue weighted by molar-refractivity contribution is 6.31. The Balaban J connectivity index is 2.24. The number of aliphatic imine (C=N–C) groups is 1. The van der Waals surface area contributed by atoms with Crippen LogP contribution in [0.4, 0.5) is 18.9 Å². The molecule has 2 rings (SSSR count). The van der Waals surface area contributed by atoms with Gasteiger partial charge in [0.2, 0.25) is 0 Å². The number of nitrogens with zero attached hydrogens (tertiary/aromatic N) is 1. The van der Waals surface area contributed by atoms with E-state index in [1.165, 1.54) is 12.1 Å². The van der Waals surface area contributed by atoms with Crippen molar-refractivity contribution in [2.24, 2.45) is 4.99 Å². The predicted octanol–water partition coefficient (Wildman–Crippen LogP) is 2.73. The second kappa shape index (κ2) is 4.44. The Labute approximate surface area is 101 Å². The zero-order valence-corrected chi connectivity index (χ0v) is 9.36. The Morgan fingerprint density at radius 1 is 1.35 bits per heavy atom. The van der Waals surface area contributed by atoms with Gasteiger partial charge in [-0.2, -0.15) is 13.2 Å². The van der Waals surface area contributed by atoms with Gasteiger partial charge in [0.05, 0.1) is 17.1 Å². The minimum Gasteiger partial charge on any atom is -0.354 e. The molecule has 92 valence electrons. The van der Waals surface area contributed by atoms with Crippen LogP contribution >= 0.6 is 11.6 Å². The maximum atomic E-state index is 12.6. The number of alkyl halides is 3. The van der Waals surface area contributed by atoms with Gasteiger partial charge in [0.25, 0.3) is 0 Å². The number of guanidine groups is 1. The molecule has 0 saturated carbocycles. The molecule has 17 heavy (non-hydrogen) atoms. The fourth-order valence-corrected chi connectivity index (χ4v) is 1.66. The zero-order chi connectivity index (χ0) is 12.5. The van der Waals surface area contributed by atoms with E-state index in [2.05, 4.69) is 15.6 Å². The molecule has 0 radical (unpaired) electrons. The largest absolute Gasteiger partial charge is 0.417 e. The number of nitrogens with one attached hydrogen (secondary N) is 2. The lowest BCUT2D eigenvalue weighted by Gasteiger charge is -2.12. The van der Waals surface area contributed by atoms with Crippen molar-refractivity contribution < 1.29 is 13.2 Å². The average molecular weight is 264 g/mol. The summed E-state index contributed by atoms with van der Waals surface area (Å²) in [5, 5.41) is 5.35. The quantitative estimate of drug-likeness (QED) is 0.817. The molecule has 1 aliphatic rings. The molecule has 0 saturated heterocycles. The van der Waals surface area contributed by atoms with Crippen LogP contribution in [0.3, 0.4) is 0 Å². The smallest absolute Gasteiger partial charge is 0.354 e. The minimum absolute atomic E-state index is 0.301. The summed E-state index contributed by atoms with van der Waals surface area (Å²) in [6.45, 7) is 1.30. The average Bonchev–Trinajstić information content (AvgIpc) is 2.72. The van der Waals surface area contributed by atoms with Crippen LogP contribution in [0.1, 0.15) is 5.56 Å². The van der Waals surface area contributed by atoms with Gasteiger partial charge in [-0.3, -0.25) is 4.99 Å². The molecule has 2 N–H and O–H groups in total. The summed E-state index contributed by atoms with van der Waals surface area (Å²) < 4.78 is 37.8. The Kier molecular flexibility index (Phi) is 3.15. The number of rotatable bonds is 1. The summed E-state index contributed by atoms with van der Waals surface area (Å²) in [4.78, 5) is 4.03. The molecule has 1 heterocycles. The van der Waals surface area contributed by atoms with E-state index in [1.54, 1.807) is 0 Å². The molecule has 0 spiro atoms. The van der Waals surface area contributed by atoms with Gasteiger partial charge < -0.3 is 10.6 Å². The van der Waals surface area contributed by atoms with Crippen molar-refractivity contribution in [1.82, 2.24) is 5.32 Å². The Bertz CT molecular complexity index is 457. The van der Waals surface area contributed by atoms with Crippen LogP contribution in [-0.4, -0.2) is 19.0 Å². The predicted molar refractivity (Wildman–Crippen MR) is 60.4 cm³/mol. The molecule has 0 fully saturated rings. The lowest BCUT2D eigenvalue weighted by molar-refractivity contribution is -0.137. The first-order chi connectivity index (χ1) is 7.97. The van der Waals surface area contributed by atoms with Gasteiger partial charge >= 0.3 is 6.18 Å². The number of anilines is 1. The second-order valence-electron chi connectivity index (χ2n) is 3.47. The van der Waals surface area contributed by atoms with Crippen molar-refractivity contribution in [3.05, 3.63) is 28.8 Å². The maximum Gasteiger partial charge on any atom is 0.417 e. The summed E-state index contributed by atoms with van der Waals surface area (Å²) in [5.41, 5.74) is -0.558. The molecule has 1 aromatic carbocycles. The first-order valence-electron chi connectivity index (χ1n) is 4.89. The van der Waals surface area contributed by atoms with Crippen LogP contribution in [-0.2, 0) is 6.18 Å². The maximum absolute atomic E-state index is 12.6. The molecule has 1 aromatic rings. The Morgan fingerprint density at radius 3 is 2.71 bits per heavy atom. The second-order valence-corrected chi connectivity index (χ2v) is 3.88. The van der Waals surface area contributed by atoms with E-state index in [9.17, 15) is 13.2 Å². The fraction of sp³-hybridized carbons (Fsp3) is 0.300. The van der Waals surface area contributed by atoms with Gasteiger partial charge in [-0.1, -0.05) is 11.6 Å².